The Bertz CT molecular complexity index is 886. The number of ether oxygens (including phenoxy) is 3. The molecule has 1 aliphatic rings. The molecule has 2 aromatic rings. The molecule has 0 radical (unpaired) electrons. The van der Waals surface area contributed by atoms with Gasteiger partial charge in [-0.15, -0.1) is 6.42 Å². The molecule has 2 N–H and O–H groups in total. The average Bonchev–Trinajstić information content (AvgIpc) is 2.79. The first-order valence-corrected chi connectivity index (χ1v) is 10.2. The second-order valence-corrected chi connectivity index (χ2v) is 7.42. The van der Waals surface area contributed by atoms with Crippen LogP contribution in [-0.4, -0.2) is 49.0 Å². The first-order valence-electron chi connectivity index (χ1n) is 10.2. The Kier molecular flexibility index (Phi) is 9.54. The third kappa shape index (κ3) is 6.83. The molecule has 166 valence electrons. The van der Waals surface area contributed by atoms with E-state index in [1.807, 2.05) is 43.2 Å². The maximum atomic E-state index is 9.89. The van der Waals surface area contributed by atoms with Gasteiger partial charge < -0.3 is 29.2 Å². The second kappa shape index (κ2) is 12.1. The fraction of sp³-hybridized carbons (Fsp3) is 0.400. The maximum absolute atomic E-state index is 9.89. The molecule has 0 saturated heterocycles. The molecule has 0 fully saturated rings. The molecule has 0 bridgehead atoms. The lowest BCUT2D eigenvalue weighted by Gasteiger charge is -2.24. The van der Waals surface area contributed by atoms with Crippen LogP contribution < -0.4 is 9.47 Å². The van der Waals surface area contributed by atoms with Gasteiger partial charge in [0.1, 0.15) is 20.0 Å². The zero-order valence-electron chi connectivity index (χ0n) is 18.0. The summed E-state index contributed by atoms with van der Waals surface area (Å²) in [6.07, 6.45) is 5.61. The lowest BCUT2D eigenvalue weighted by molar-refractivity contribution is -0.0980. The van der Waals surface area contributed by atoms with Gasteiger partial charge >= 0.3 is 0 Å². The lowest BCUT2D eigenvalue weighted by Crippen LogP contribution is -2.20. The molecule has 0 unspecified atom stereocenters. The van der Waals surface area contributed by atoms with Crippen LogP contribution in [0.2, 0.25) is 0 Å². The zero-order valence-corrected chi connectivity index (χ0v) is 18.0. The Labute approximate surface area is 183 Å². The van der Waals surface area contributed by atoms with E-state index in [1.54, 1.807) is 13.8 Å². The predicted molar refractivity (Wildman–Crippen MR) is 118 cm³/mol. The van der Waals surface area contributed by atoms with Crippen LogP contribution in [-0.2, 0) is 16.0 Å². The number of carbonyl (C=O) groups is 1. The molecule has 3 rings (SSSR count). The standard InChI is InChI=1S/C24H28O5.CH2O/c1-4-19-6-7-20(23(11-16(2)26)29-17(3)15-25)14-21(19)12-18-5-8-22-24(13-18)28-10-9-27-22;1-2/h1,5-8,13-14,16-17,23,25-26H,9-12,15H2,2-3H3;1H2/t16-,17-,23+;/m0./s1. The topological polar surface area (TPSA) is 85.2 Å². The molecule has 31 heavy (non-hydrogen) atoms. The minimum absolute atomic E-state index is 0.0806. The van der Waals surface area contributed by atoms with Crippen molar-refractivity contribution in [3.8, 4) is 23.8 Å². The number of terminal acetylenes is 1. The number of carbonyl (C=O) groups excluding carboxylic acids is 1. The molecule has 1 aliphatic heterocycles. The Morgan fingerprint density at radius 2 is 1.84 bits per heavy atom. The molecule has 2 aromatic carbocycles. The second-order valence-electron chi connectivity index (χ2n) is 7.42. The van der Waals surface area contributed by atoms with Crippen LogP contribution in [0.4, 0.5) is 0 Å². The van der Waals surface area contributed by atoms with Gasteiger partial charge in [-0.3, -0.25) is 0 Å². The van der Waals surface area contributed by atoms with E-state index in [0.29, 0.717) is 26.1 Å². The van der Waals surface area contributed by atoms with Crippen LogP contribution in [0.3, 0.4) is 0 Å². The zero-order chi connectivity index (χ0) is 22.8. The van der Waals surface area contributed by atoms with E-state index in [9.17, 15) is 10.2 Å². The van der Waals surface area contributed by atoms with E-state index in [4.69, 9.17) is 25.4 Å². The Morgan fingerprint density at radius 3 is 2.48 bits per heavy atom. The molecule has 3 atom stereocenters. The molecule has 0 spiro atoms. The van der Waals surface area contributed by atoms with Crippen LogP contribution >= 0.6 is 0 Å². The van der Waals surface area contributed by atoms with E-state index in [2.05, 4.69) is 5.92 Å². The molecule has 1 heterocycles. The van der Waals surface area contributed by atoms with Gasteiger partial charge in [0.2, 0.25) is 0 Å². The van der Waals surface area contributed by atoms with Gasteiger partial charge in [-0.25, -0.2) is 0 Å². The molecular formula is C25H30O6. The number of fused-ring (bicyclic) bond motifs is 1. The molecule has 6 heteroatoms. The highest BCUT2D eigenvalue weighted by molar-refractivity contribution is 5.48. The van der Waals surface area contributed by atoms with Gasteiger partial charge in [0.15, 0.2) is 11.5 Å². The van der Waals surface area contributed by atoms with Crippen molar-refractivity contribution in [2.24, 2.45) is 0 Å². The van der Waals surface area contributed by atoms with E-state index in [1.165, 1.54) is 0 Å². The molecule has 6 nitrogen and oxygen atoms in total. The first kappa shape index (κ1) is 24.4. The minimum Gasteiger partial charge on any atom is -0.486 e. The number of hydrogen-bond donors (Lipinski definition) is 2. The summed E-state index contributed by atoms with van der Waals surface area (Å²) in [4.78, 5) is 8.00. The summed E-state index contributed by atoms with van der Waals surface area (Å²) < 4.78 is 17.2. The quantitative estimate of drug-likeness (QED) is 0.631. The Balaban J connectivity index is 0.00000166. The van der Waals surface area contributed by atoms with E-state index in [-0.39, 0.29) is 18.8 Å². The van der Waals surface area contributed by atoms with Crippen molar-refractivity contribution in [2.45, 2.75) is 45.0 Å². The van der Waals surface area contributed by atoms with E-state index >= 15 is 0 Å². The fourth-order valence-corrected chi connectivity index (χ4v) is 3.42. The van der Waals surface area contributed by atoms with Crippen LogP contribution in [0.5, 0.6) is 11.5 Å². The summed E-state index contributed by atoms with van der Waals surface area (Å²) >= 11 is 0. The van der Waals surface area contributed by atoms with Crippen molar-refractivity contribution >= 4 is 6.79 Å². The number of benzene rings is 2. The monoisotopic (exact) mass is 426 g/mol. The highest BCUT2D eigenvalue weighted by atomic mass is 16.6. The lowest BCUT2D eigenvalue weighted by atomic mass is 9.94. The van der Waals surface area contributed by atoms with Crippen LogP contribution in [0.1, 0.15) is 48.6 Å². The molecule has 0 aliphatic carbocycles. The van der Waals surface area contributed by atoms with E-state index < -0.39 is 6.10 Å². The number of hydrogen-bond acceptors (Lipinski definition) is 6. The van der Waals surface area contributed by atoms with Crippen LogP contribution in [0, 0.1) is 12.3 Å². The molecule has 0 amide bonds. The summed E-state index contributed by atoms with van der Waals surface area (Å²) in [5.74, 6) is 4.26. The van der Waals surface area contributed by atoms with Crippen molar-refractivity contribution in [1.29, 1.82) is 0 Å². The highest BCUT2D eigenvalue weighted by Crippen LogP contribution is 2.32. The van der Waals surface area contributed by atoms with Crippen molar-refractivity contribution < 1.29 is 29.2 Å². The Hall–Kier alpha value is -2.85. The normalized spacial score (nSPS) is 15.1. The van der Waals surface area contributed by atoms with Gasteiger partial charge in [-0.2, -0.15) is 0 Å². The summed E-state index contributed by atoms with van der Waals surface area (Å²) in [5.41, 5.74) is 3.81. The summed E-state index contributed by atoms with van der Waals surface area (Å²) in [7, 11) is 0. The van der Waals surface area contributed by atoms with Gasteiger partial charge in [-0.1, -0.05) is 24.1 Å². The predicted octanol–water partition coefficient (Wildman–Crippen LogP) is 3.05. The largest absolute Gasteiger partial charge is 0.486 e. The Morgan fingerprint density at radius 1 is 1.13 bits per heavy atom. The van der Waals surface area contributed by atoms with Gasteiger partial charge in [-0.05, 0) is 55.2 Å². The summed E-state index contributed by atoms with van der Waals surface area (Å²) in [6, 6.07) is 11.8. The average molecular weight is 427 g/mol. The van der Waals surface area contributed by atoms with Crippen molar-refractivity contribution in [2.75, 3.05) is 19.8 Å². The van der Waals surface area contributed by atoms with Crippen LogP contribution in [0.15, 0.2) is 36.4 Å². The minimum atomic E-state index is -0.528. The van der Waals surface area contributed by atoms with Gasteiger partial charge in [0, 0.05) is 12.0 Å². The maximum Gasteiger partial charge on any atom is 0.161 e. The molecular weight excluding hydrogens is 396 g/mol. The van der Waals surface area contributed by atoms with E-state index in [0.717, 1.165) is 33.8 Å². The number of aliphatic hydroxyl groups excluding tert-OH is 2. The van der Waals surface area contributed by atoms with Crippen molar-refractivity contribution in [3.05, 3.63) is 58.7 Å². The van der Waals surface area contributed by atoms with Crippen LogP contribution in [0.25, 0.3) is 0 Å². The van der Waals surface area contributed by atoms with Gasteiger partial charge in [0.05, 0.1) is 24.9 Å². The third-order valence-corrected chi connectivity index (χ3v) is 4.87. The number of aliphatic hydroxyl groups is 2. The van der Waals surface area contributed by atoms with Crippen molar-refractivity contribution in [3.63, 3.8) is 0 Å². The first-order chi connectivity index (χ1) is 15.0. The molecule has 0 saturated carbocycles. The summed E-state index contributed by atoms with van der Waals surface area (Å²) in [6.45, 7) is 6.56. The molecule has 0 aromatic heterocycles. The highest BCUT2D eigenvalue weighted by Gasteiger charge is 2.19. The van der Waals surface area contributed by atoms with Gasteiger partial charge in [0.25, 0.3) is 0 Å². The SMILES string of the molecule is C#Cc1ccc([C@@H](C[C@H](C)O)O[C@@H](C)CO)cc1Cc1ccc2c(c1)OCCO2.C=O. The number of rotatable bonds is 8. The summed E-state index contributed by atoms with van der Waals surface area (Å²) in [5, 5.41) is 19.2. The fourth-order valence-electron chi connectivity index (χ4n) is 3.42. The van der Waals surface area contributed by atoms with Crippen molar-refractivity contribution in [1.82, 2.24) is 0 Å². The smallest absolute Gasteiger partial charge is 0.161 e. The third-order valence-electron chi connectivity index (χ3n) is 4.87.